The van der Waals surface area contributed by atoms with E-state index in [0.29, 0.717) is 6.54 Å². The molecule has 1 aliphatic heterocycles. The third-order valence-electron chi connectivity index (χ3n) is 3.59. The summed E-state index contributed by atoms with van der Waals surface area (Å²) in [5.74, 6) is 0.880. The van der Waals surface area contributed by atoms with Crippen molar-refractivity contribution in [1.82, 2.24) is 4.90 Å². The van der Waals surface area contributed by atoms with E-state index in [1.807, 2.05) is 12.1 Å². The van der Waals surface area contributed by atoms with Gasteiger partial charge >= 0.3 is 0 Å². The molecular formula is C15H24N2O2. The molecule has 0 bridgehead atoms. The van der Waals surface area contributed by atoms with Crippen molar-refractivity contribution in [3.8, 4) is 5.75 Å². The molecule has 0 aromatic heterocycles. The Morgan fingerprint density at radius 2 is 2.05 bits per heavy atom. The Morgan fingerprint density at radius 3 is 2.63 bits per heavy atom. The van der Waals surface area contributed by atoms with Gasteiger partial charge in [-0.05, 0) is 31.5 Å². The van der Waals surface area contributed by atoms with Crippen LogP contribution in [0.25, 0.3) is 0 Å². The number of nitrogens with two attached hydrogens (primary N) is 1. The minimum absolute atomic E-state index is 0.226. The van der Waals surface area contributed by atoms with Gasteiger partial charge in [0.05, 0.1) is 19.3 Å². The zero-order valence-corrected chi connectivity index (χ0v) is 12.0. The van der Waals surface area contributed by atoms with Crippen LogP contribution in [0.2, 0.25) is 0 Å². The van der Waals surface area contributed by atoms with E-state index in [-0.39, 0.29) is 18.2 Å². The van der Waals surface area contributed by atoms with Gasteiger partial charge < -0.3 is 15.2 Å². The Kier molecular flexibility index (Phi) is 4.80. The summed E-state index contributed by atoms with van der Waals surface area (Å²) in [6, 6.07) is 8.39. The molecule has 0 saturated carbocycles. The molecule has 3 atom stereocenters. The highest BCUT2D eigenvalue weighted by molar-refractivity contribution is 5.30. The largest absolute Gasteiger partial charge is 0.497 e. The van der Waals surface area contributed by atoms with Crippen LogP contribution < -0.4 is 10.5 Å². The van der Waals surface area contributed by atoms with Gasteiger partial charge in [-0.25, -0.2) is 0 Å². The highest BCUT2D eigenvalue weighted by Gasteiger charge is 2.28. The molecule has 0 spiro atoms. The summed E-state index contributed by atoms with van der Waals surface area (Å²) < 4.78 is 11.1. The molecular weight excluding hydrogens is 240 g/mol. The molecule has 4 nitrogen and oxygen atoms in total. The normalized spacial score (nSPS) is 26.1. The predicted molar refractivity (Wildman–Crippen MR) is 76.4 cm³/mol. The number of nitrogens with zero attached hydrogens (tertiary/aromatic N) is 1. The van der Waals surface area contributed by atoms with Gasteiger partial charge in [-0.3, -0.25) is 4.90 Å². The summed E-state index contributed by atoms with van der Waals surface area (Å²) in [4.78, 5) is 2.41. The van der Waals surface area contributed by atoms with E-state index in [1.165, 1.54) is 5.56 Å². The van der Waals surface area contributed by atoms with Crippen LogP contribution in [0.15, 0.2) is 24.3 Å². The maximum atomic E-state index is 5.99. The van der Waals surface area contributed by atoms with E-state index < -0.39 is 0 Å². The smallest absolute Gasteiger partial charge is 0.119 e. The number of ether oxygens (including phenoxy) is 2. The topological polar surface area (TPSA) is 47.7 Å². The van der Waals surface area contributed by atoms with E-state index >= 15 is 0 Å². The monoisotopic (exact) mass is 264 g/mol. The van der Waals surface area contributed by atoms with E-state index in [0.717, 1.165) is 18.8 Å². The molecule has 0 amide bonds. The lowest BCUT2D eigenvalue weighted by atomic mass is 10.0. The Morgan fingerprint density at radius 1 is 1.37 bits per heavy atom. The Hall–Kier alpha value is -1.10. The second kappa shape index (κ2) is 6.37. The predicted octanol–water partition coefficient (Wildman–Crippen LogP) is 1.80. The minimum atomic E-state index is 0.226. The Labute approximate surface area is 115 Å². The zero-order valence-electron chi connectivity index (χ0n) is 12.0. The Bertz CT molecular complexity index is 401. The number of rotatable bonds is 4. The molecule has 2 rings (SSSR count). The number of hydrogen-bond donors (Lipinski definition) is 1. The summed E-state index contributed by atoms with van der Waals surface area (Å²) >= 11 is 0. The molecule has 1 aliphatic rings. The second-order valence-corrected chi connectivity index (χ2v) is 5.24. The van der Waals surface area contributed by atoms with Gasteiger partial charge in [0, 0.05) is 25.7 Å². The highest BCUT2D eigenvalue weighted by Crippen LogP contribution is 2.26. The van der Waals surface area contributed by atoms with Gasteiger partial charge in [0.25, 0.3) is 0 Å². The van der Waals surface area contributed by atoms with Crippen molar-refractivity contribution in [2.75, 3.05) is 26.7 Å². The third kappa shape index (κ3) is 3.47. The lowest BCUT2D eigenvalue weighted by molar-refractivity contribution is -0.0799. The van der Waals surface area contributed by atoms with E-state index in [4.69, 9.17) is 15.2 Å². The van der Waals surface area contributed by atoms with Crippen molar-refractivity contribution >= 4 is 0 Å². The van der Waals surface area contributed by atoms with Crippen LogP contribution >= 0.6 is 0 Å². The van der Waals surface area contributed by atoms with E-state index in [9.17, 15) is 0 Å². The summed E-state index contributed by atoms with van der Waals surface area (Å²) in [5.41, 5.74) is 7.21. The average molecular weight is 264 g/mol. The molecule has 1 aromatic carbocycles. The van der Waals surface area contributed by atoms with Crippen LogP contribution in [-0.2, 0) is 4.74 Å². The van der Waals surface area contributed by atoms with Crippen molar-refractivity contribution in [3.63, 3.8) is 0 Å². The zero-order chi connectivity index (χ0) is 13.8. The quantitative estimate of drug-likeness (QED) is 0.901. The summed E-state index contributed by atoms with van der Waals surface area (Å²) in [6.07, 6.45) is 0.506. The number of methoxy groups -OCH3 is 1. The van der Waals surface area contributed by atoms with Crippen molar-refractivity contribution < 1.29 is 9.47 Å². The summed E-state index contributed by atoms with van der Waals surface area (Å²) in [6.45, 7) is 6.67. The second-order valence-electron chi connectivity index (χ2n) is 5.24. The van der Waals surface area contributed by atoms with Gasteiger partial charge in [0.1, 0.15) is 5.75 Å². The van der Waals surface area contributed by atoms with Crippen molar-refractivity contribution in [2.24, 2.45) is 5.73 Å². The van der Waals surface area contributed by atoms with Crippen LogP contribution in [0.3, 0.4) is 0 Å². The van der Waals surface area contributed by atoms with Gasteiger partial charge in [-0.15, -0.1) is 0 Å². The molecule has 1 fully saturated rings. The number of morpholine rings is 1. The fourth-order valence-corrected chi connectivity index (χ4v) is 2.82. The maximum absolute atomic E-state index is 5.99. The molecule has 1 heterocycles. The number of benzene rings is 1. The molecule has 1 saturated heterocycles. The van der Waals surface area contributed by atoms with Crippen LogP contribution in [0.4, 0.5) is 0 Å². The molecule has 1 aromatic rings. The molecule has 19 heavy (non-hydrogen) atoms. The first-order valence-corrected chi connectivity index (χ1v) is 6.87. The van der Waals surface area contributed by atoms with Crippen molar-refractivity contribution in [2.45, 2.75) is 32.1 Å². The molecule has 2 N–H and O–H groups in total. The van der Waals surface area contributed by atoms with Gasteiger partial charge in [0.15, 0.2) is 0 Å². The summed E-state index contributed by atoms with van der Waals surface area (Å²) in [7, 11) is 1.69. The van der Waals surface area contributed by atoms with Crippen LogP contribution in [0.5, 0.6) is 5.75 Å². The standard InChI is InChI=1S/C15H24N2O2/c1-11-9-17(10-12(2)19-11)15(8-16)13-5-4-6-14(7-13)18-3/h4-7,11-12,15H,8-10,16H2,1-3H3/t11-,12+,15-/m1/s1. The first-order chi connectivity index (χ1) is 9.13. The Balaban J connectivity index is 2.18. The van der Waals surface area contributed by atoms with Crippen LogP contribution in [-0.4, -0.2) is 43.9 Å². The highest BCUT2D eigenvalue weighted by atomic mass is 16.5. The minimum Gasteiger partial charge on any atom is -0.497 e. The molecule has 0 radical (unpaired) electrons. The molecule has 0 aliphatic carbocycles. The van der Waals surface area contributed by atoms with Crippen molar-refractivity contribution in [1.29, 1.82) is 0 Å². The van der Waals surface area contributed by atoms with Crippen LogP contribution in [0, 0.1) is 0 Å². The van der Waals surface area contributed by atoms with Gasteiger partial charge in [-0.1, -0.05) is 12.1 Å². The maximum Gasteiger partial charge on any atom is 0.119 e. The lowest BCUT2D eigenvalue weighted by Crippen LogP contribution is -2.48. The fraction of sp³-hybridized carbons (Fsp3) is 0.600. The first-order valence-electron chi connectivity index (χ1n) is 6.87. The third-order valence-corrected chi connectivity index (χ3v) is 3.59. The SMILES string of the molecule is COc1cccc([C@@H](CN)N2C[C@@H](C)O[C@@H](C)C2)c1. The molecule has 106 valence electrons. The molecule has 4 heteroatoms. The average Bonchev–Trinajstić information content (AvgIpc) is 2.39. The van der Waals surface area contributed by atoms with E-state index in [1.54, 1.807) is 7.11 Å². The van der Waals surface area contributed by atoms with E-state index in [2.05, 4.69) is 30.9 Å². The van der Waals surface area contributed by atoms with Crippen LogP contribution in [0.1, 0.15) is 25.5 Å². The summed E-state index contributed by atoms with van der Waals surface area (Å²) in [5, 5.41) is 0. The lowest BCUT2D eigenvalue weighted by Gasteiger charge is -2.40. The fourth-order valence-electron chi connectivity index (χ4n) is 2.82. The van der Waals surface area contributed by atoms with Gasteiger partial charge in [-0.2, -0.15) is 0 Å². The molecule has 0 unspecified atom stereocenters. The van der Waals surface area contributed by atoms with Crippen molar-refractivity contribution in [3.05, 3.63) is 29.8 Å². The first kappa shape index (κ1) is 14.3. The van der Waals surface area contributed by atoms with Gasteiger partial charge in [0.2, 0.25) is 0 Å². The number of hydrogen-bond acceptors (Lipinski definition) is 4.